The Balaban J connectivity index is 2.59. The zero-order chi connectivity index (χ0) is 16.5. The Labute approximate surface area is 134 Å². The Hall–Kier alpha value is -1.41. The lowest BCUT2D eigenvalue weighted by atomic mass is 10.3. The lowest BCUT2D eigenvalue weighted by Crippen LogP contribution is -2.19. The van der Waals surface area contributed by atoms with Gasteiger partial charge in [-0.05, 0) is 24.3 Å². The summed E-state index contributed by atoms with van der Waals surface area (Å²) in [6, 6.07) is 3.61. The van der Waals surface area contributed by atoms with Gasteiger partial charge in [-0.1, -0.05) is 13.3 Å². The van der Waals surface area contributed by atoms with Crippen molar-refractivity contribution in [3.63, 3.8) is 0 Å². The average Bonchev–Trinajstić information content (AvgIpc) is 2.63. The molecule has 22 heavy (non-hydrogen) atoms. The molecule has 0 radical (unpaired) electrons. The maximum absolute atomic E-state index is 12.0. The van der Waals surface area contributed by atoms with E-state index in [1.807, 2.05) is 6.07 Å². The number of anilines is 1. The van der Waals surface area contributed by atoms with E-state index in [4.69, 9.17) is 0 Å². The van der Waals surface area contributed by atoms with E-state index < -0.39 is 10.0 Å². The summed E-state index contributed by atoms with van der Waals surface area (Å²) in [5.74, 6) is 0.904. The number of benzene rings is 1. The maximum atomic E-state index is 12.0. The van der Waals surface area contributed by atoms with Gasteiger partial charge in [0, 0.05) is 19.0 Å². The van der Waals surface area contributed by atoms with Gasteiger partial charge in [-0.25, -0.2) is 13.2 Å². The first-order valence-corrected chi connectivity index (χ1v) is 9.92. The highest BCUT2D eigenvalue weighted by Crippen LogP contribution is 2.32. The molecule has 0 aliphatic rings. The summed E-state index contributed by atoms with van der Waals surface area (Å²) < 4.78 is 28.8. The van der Waals surface area contributed by atoms with Crippen LogP contribution in [0.3, 0.4) is 0 Å². The summed E-state index contributed by atoms with van der Waals surface area (Å²) >= 11 is 1.60. The largest absolute Gasteiger partial charge is 0.328 e. The molecule has 1 aromatic carbocycles. The van der Waals surface area contributed by atoms with Crippen LogP contribution in [0.2, 0.25) is 0 Å². The number of nitrogens with one attached hydrogen (secondary N) is 1. The first kappa shape index (κ1) is 17.0. The van der Waals surface area contributed by atoms with Gasteiger partial charge in [-0.15, -0.1) is 11.8 Å². The average molecular weight is 343 g/mol. The first-order chi connectivity index (χ1) is 10.2. The number of fused-ring (bicyclic) bond motifs is 1. The molecule has 1 N–H and O–H groups in total. The van der Waals surface area contributed by atoms with E-state index in [9.17, 15) is 13.2 Å². The van der Waals surface area contributed by atoms with Crippen LogP contribution in [0.1, 0.15) is 19.8 Å². The van der Waals surface area contributed by atoms with Crippen molar-refractivity contribution in [3.05, 3.63) is 22.6 Å². The lowest BCUT2D eigenvalue weighted by molar-refractivity contribution is 0.606. The van der Waals surface area contributed by atoms with E-state index in [1.165, 1.54) is 4.57 Å². The van der Waals surface area contributed by atoms with Crippen molar-refractivity contribution in [1.82, 2.24) is 9.13 Å². The van der Waals surface area contributed by atoms with Crippen LogP contribution in [-0.4, -0.2) is 29.6 Å². The molecule has 8 heteroatoms. The topological polar surface area (TPSA) is 73.1 Å². The number of hydrogen-bond donors (Lipinski definition) is 1. The van der Waals surface area contributed by atoms with Crippen LogP contribution in [-0.2, 0) is 24.1 Å². The highest BCUT2D eigenvalue weighted by Gasteiger charge is 2.15. The van der Waals surface area contributed by atoms with E-state index in [1.54, 1.807) is 36.5 Å². The third-order valence-corrected chi connectivity index (χ3v) is 5.16. The summed E-state index contributed by atoms with van der Waals surface area (Å²) in [5.41, 5.74) is 1.90. The van der Waals surface area contributed by atoms with Gasteiger partial charge in [-0.3, -0.25) is 13.9 Å². The number of hydrogen-bond acceptors (Lipinski definition) is 4. The zero-order valence-corrected chi connectivity index (χ0v) is 14.8. The molecule has 0 saturated carbocycles. The molecule has 0 aliphatic carbocycles. The quantitative estimate of drug-likeness (QED) is 0.644. The van der Waals surface area contributed by atoms with Gasteiger partial charge in [0.1, 0.15) is 0 Å². The van der Waals surface area contributed by atoms with Crippen molar-refractivity contribution >= 4 is 38.5 Å². The number of aromatic nitrogens is 2. The van der Waals surface area contributed by atoms with E-state index in [0.717, 1.165) is 35.3 Å². The third-order valence-electron chi connectivity index (χ3n) is 3.42. The summed E-state index contributed by atoms with van der Waals surface area (Å²) in [5, 5.41) is 0. The second-order valence-corrected chi connectivity index (χ2v) is 8.20. The highest BCUT2D eigenvalue weighted by atomic mass is 32.2. The van der Waals surface area contributed by atoms with Crippen LogP contribution in [0.25, 0.3) is 11.0 Å². The lowest BCUT2D eigenvalue weighted by Gasteiger charge is -2.11. The van der Waals surface area contributed by atoms with Crippen LogP contribution >= 0.6 is 11.8 Å². The molecule has 2 aromatic rings. The van der Waals surface area contributed by atoms with Crippen LogP contribution in [0.5, 0.6) is 0 Å². The summed E-state index contributed by atoms with van der Waals surface area (Å²) in [7, 11) is 0.0238. The second-order valence-electron chi connectivity index (χ2n) is 5.31. The number of thioether (sulfide) groups is 1. The molecule has 1 heterocycles. The number of imidazole rings is 1. The van der Waals surface area contributed by atoms with Crippen molar-refractivity contribution in [2.45, 2.75) is 24.7 Å². The Morgan fingerprint density at radius 2 is 1.77 bits per heavy atom. The summed E-state index contributed by atoms with van der Waals surface area (Å²) in [6.07, 6.45) is 3.25. The number of aryl methyl sites for hydroxylation is 2. The van der Waals surface area contributed by atoms with Crippen LogP contribution in [0.4, 0.5) is 5.69 Å². The molecule has 0 atom stereocenters. The Morgan fingerprint density at radius 1 is 1.18 bits per heavy atom. The minimum Gasteiger partial charge on any atom is -0.295 e. The van der Waals surface area contributed by atoms with Gasteiger partial charge in [0.05, 0.1) is 23.0 Å². The predicted octanol–water partition coefficient (Wildman–Crippen LogP) is 2.14. The number of rotatable bonds is 6. The van der Waals surface area contributed by atoms with Gasteiger partial charge in [-0.2, -0.15) is 0 Å². The fraction of sp³-hybridized carbons (Fsp3) is 0.500. The predicted molar refractivity (Wildman–Crippen MR) is 92.3 cm³/mol. The molecule has 1 aromatic heterocycles. The monoisotopic (exact) mass is 343 g/mol. The van der Waals surface area contributed by atoms with Gasteiger partial charge in [0.15, 0.2) is 0 Å². The molecule has 0 amide bonds. The van der Waals surface area contributed by atoms with E-state index >= 15 is 0 Å². The molecule has 2 rings (SSSR count). The van der Waals surface area contributed by atoms with Crippen LogP contribution < -0.4 is 10.4 Å². The zero-order valence-electron chi connectivity index (χ0n) is 13.2. The molecule has 0 fully saturated rings. The Morgan fingerprint density at radius 3 is 2.32 bits per heavy atom. The van der Waals surface area contributed by atoms with Crippen molar-refractivity contribution < 1.29 is 8.42 Å². The van der Waals surface area contributed by atoms with Crippen molar-refractivity contribution in [2.75, 3.05) is 16.7 Å². The van der Waals surface area contributed by atoms with Gasteiger partial charge in [0.2, 0.25) is 10.0 Å². The molecule has 6 nitrogen and oxygen atoms in total. The number of nitrogens with zero attached hydrogens (tertiary/aromatic N) is 2. The minimum absolute atomic E-state index is 0.129. The third kappa shape index (κ3) is 3.49. The van der Waals surface area contributed by atoms with Crippen molar-refractivity contribution in [2.24, 2.45) is 14.1 Å². The van der Waals surface area contributed by atoms with Crippen LogP contribution in [0, 0.1) is 0 Å². The van der Waals surface area contributed by atoms with Gasteiger partial charge >= 0.3 is 5.69 Å². The molecule has 0 unspecified atom stereocenters. The normalized spacial score (nSPS) is 12.0. The van der Waals surface area contributed by atoms with E-state index in [-0.39, 0.29) is 5.69 Å². The Bertz CT molecular complexity index is 850. The summed E-state index contributed by atoms with van der Waals surface area (Å²) in [6.45, 7) is 2.11. The molecule has 0 spiro atoms. The Kier molecular flexibility index (Phi) is 4.91. The van der Waals surface area contributed by atoms with Crippen molar-refractivity contribution in [3.8, 4) is 0 Å². The fourth-order valence-corrected chi connectivity index (χ4v) is 4.00. The molecule has 0 aliphatic heterocycles. The highest BCUT2D eigenvalue weighted by molar-refractivity contribution is 7.99. The fourth-order valence-electron chi connectivity index (χ4n) is 2.25. The first-order valence-electron chi connectivity index (χ1n) is 7.04. The standard InChI is InChI=1S/C14H21N3O3S2/c1-5-6-7-21-13-9-12-11(16(2)14(18)17(12)3)8-10(13)15-22(4,19)20/h8-9,15H,5-7H2,1-4H3. The maximum Gasteiger partial charge on any atom is 0.328 e. The molecule has 0 bridgehead atoms. The van der Waals surface area contributed by atoms with Crippen molar-refractivity contribution in [1.29, 1.82) is 0 Å². The van der Waals surface area contributed by atoms with Gasteiger partial charge in [0.25, 0.3) is 0 Å². The minimum atomic E-state index is -3.37. The molecule has 0 saturated heterocycles. The van der Waals surface area contributed by atoms with Crippen LogP contribution in [0.15, 0.2) is 21.8 Å². The summed E-state index contributed by atoms with van der Waals surface area (Å²) in [4.78, 5) is 12.9. The number of sulfonamides is 1. The van der Waals surface area contributed by atoms with Gasteiger partial charge < -0.3 is 0 Å². The van der Waals surface area contributed by atoms with E-state index in [0.29, 0.717) is 11.2 Å². The molecule has 122 valence electrons. The SMILES string of the molecule is CCCCSc1cc2c(cc1NS(C)(=O)=O)n(C)c(=O)n2C. The molecular weight excluding hydrogens is 322 g/mol. The van der Waals surface area contributed by atoms with E-state index in [2.05, 4.69) is 11.6 Å². The smallest absolute Gasteiger partial charge is 0.295 e. The number of unbranched alkanes of at least 4 members (excludes halogenated alkanes) is 1. The second kappa shape index (κ2) is 6.37. The molecular formula is C14H21N3O3S2.